The van der Waals surface area contributed by atoms with Gasteiger partial charge in [0.05, 0.1) is 6.10 Å². The SMILES string of the molecule is CCC(C)B1N[C@@H]2c3ccccc3C[C@@H]2O1. The van der Waals surface area contributed by atoms with Gasteiger partial charge in [-0.2, -0.15) is 0 Å². The second-order valence-electron chi connectivity index (χ2n) is 5.03. The highest BCUT2D eigenvalue weighted by atomic mass is 16.5. The fraction of sp³-hybridized carbons (Fsp3) is 0.538. The second kappa shape index (κ2) is 3.90. The van der Waals surface area contributed by atoms with E-state index in [9.17, 15) is 0 Å². The minimum atomic E-state index is 0.244. The largest absolute Gasteiger partial charge is 0.416 e. The van der Waals surface area contributed by atoms with Crippen LogP contribution in [0.3, 0.4) is 0 Å². The number of benzene rings is 1. The molecule has 0 spiro atoms. The number of nitrogens with one attached hydrogen (secondary N) is 1. The summed E-state index contributed by atoms with van der Waals surface area (Å²) in [7, 11) is 0.244. The Bertz CT molecular complexity index is 395. The summed E-state index contributed by atoms with van der Waals surface area (Å²) in [6.07, 6.45) is 2.59. The summed E-state index contributed by atoms with van der Waals surface area (Å²) in [4.78, 5) is 0. The zero-order chi connectivity index (χ0) is 11.1. The van der Waals surface area contributed by atoms with Crippen LogP contribution in [-0.4, -0.2) is 13.2 Å². The van der Waals surface area contributed by atoms with E-state index in [-0.39, 0.29) is 7.05 Å². The molecule has 1 fully saturated rings. The molecule has 1 aliphatic heterocycles. The van der Waals surface area contributed by atoms with Gasteiger partial charge in [-0.3, -0.25) is 0 Å². The van der Waals surface area contributed by atoms with Crippen LogP contribution in [0.15, 0.2) is 24.3 Å². The third-order valence-electron chi connectivity index (χ3n) is 4.01. The summed E-state index contributed by atoms with van der Waals surface area (Å²) >= 11 is 0. The van der Waals surface area contributed by atoms with Gasteiger partial charge in [0.15, 0.2) is 0 Å². The molecule has 1 aliphatic carbocycles. The highest BCUT2D eigenvalue weighted by molar-refractivity contribution is 6.51. The van der Waals surface area contributed by atoms with Gasteiger partial charge < -0.3 is 9.88 Å². The molecule has 0 radical (unpaired) electrons. The molecule has 3 rings (SSSR count). The first-order valence-electron chi connectivity index (χ1n) is 6.29. The number of rotatable bonds is 2. The average molecular weight is 215 g/mol. The van der Waals surface area contributed by atoms with Gasteiger partial charge in [0, 0.05) is 6.04 Å². The van der Waals surface area contributed by atoms with Gasteiger partial charge in [0.1, 0.15) is 0 Å². The molecule has 0 saturated carbocycles. The van der Waals surface area contributed by atoms with Gasteiger partial charge in [-0.05, 0) is 23.4 Å². The fourth-order valence-electron chi connectivity index (χ4n) is 2.80. The van der Waals surface area contributed by atoms with Crippen LogP contribution in [0.25, 0.3) is 0 Å². The zero-order valence-electron chi connectivity index (χ0n) is 9.94. The second-order valence-corrected chi connectivity index (χ2v) is 5.03. The van der Waals surface area contributed by atoms with Crippen LogP contribution in [0.1, 0.15) is 37.4 Å². The molecule has 1 N–H and O–H groups in total. The maximum atomic E-state index is 6.11. The molecule has 1 unspecified atom stereocenters. The molecular formula is C13H18BNO. The smallest absolute Gasteiger partial charge is 0.383 e. The lowest BCUT2D eigenvalue weighted by Crippen LogP contribution is -2.33. The van der Waals surface area contributed by atoms with E-state index in [0.29, 0.717) is 18.0 Å². The van der Waals surface area contributed by atoms with Crippen molar-refractivity contribution in [2.24, 2.45) is 0 Å². The molecule has 0 aromatic heterocycles. The van der Waals surface area contributed by atoms with E-state index in [1.165, 1.54) is 17.5 Å². The van der Waals surface area contributed by atoms with Crippen molar-refractivity contribution in [3.8, 4) is 0 Å². The van der Waals surface area contributed by atoms with E-state index < -0.39 is 0 Å². The highest BCUT2D eigenvalue weighted by Gasteiger charge is 2.44. The lowest BCUT2D eigenvalue weighted by atomic mass is 9.67. The molecule has 1 aromatic rings. The molecule has 84 valence electrons. The Morgan fingerprint density at radius 2 is 2.31 bits per heavy atom. The van der Waals surface area contributed by atoms with Crippen molar-refractivity contribution < 1.29 is 4.65 Å². The molecule has 1 saturated heterocycles. The van der Waals surface area contributed by atoms with Gasteiger partial charge in [-0.25, -0.2) is 0 Å². The average Bonchev–Trinajstić information content (AvgIpc) is 2.85. The summed E-state index contributed by atoms with van der Waals surface area (Å²) < 4.78 is 6.11. The zero-order valence-corrected chi connectivity index (χ0v) is 9.94. The normalized spacial score (nSPS) is 29.0. The van der Waals surface area contributed by atoms with Crippen molar-refractivity contribution in [1.82, 2.24) is 5.23 Å². The van der Waals surface area contributed by atoms with E-state index in [0.717, 1.165) is 6.42 Å². The topological polar surface area (TPSA) is 21.3 Å². The Labute approximate surface area is 97.5 Å². The quantitative estimate of drug-likeness (QED) is 0.765. The lowest BCUT2D eigenvalue weighted by molar-refractivity contribution is 0.221. The van der Waals surface area contributed by atoms with Gasteiger partial charge in [0.2, 0.25) is 0 Å². The number of fused-ring (bicyclic) bond motifs is 3. The maximum absolute atomic E-state index is 6.11. The molecule has 2 nitrogen and oxygen atoms in total. The minimum Gasteiger partial charge on any atom is -0.416 e. The fourth-order valence-corrected chi connectivity index (χ4v) is 2.80. The van der Waals surface area contributed by atoms with E-state index >= 15 is 0 Å². The van der Waals surface area contributed by atoms with Gasteiger partial charge in [-0.15, -0.1) is 0 Å². The monoisotopic (exact) mass is 215 g/mol. The van der Waals surface area contributed by atoms with Gasteiger partial charge in [0.25, 0.3) is 0 Å². The van der Waals surface area contributed by atoms with Crippen molar-refractivity contribution in [2.75, 3.05) is 0 Å². The van der Waals surface area contributed by atoms with Crippen LogP contribution in [-0.2, 0) is 11.1 Å². The van der Waals surface area contributed by atoms with Crippen molar-refractivity contribution in [2.45, 2.75) is 44.7 Å². The van der Waals surface area contributed by atoms with Crippen LogP contribution >= 0.6 is 0 Å². The summed E-state index contributed by atoms with van der Waals surface area (Å²) in [5.74, 6) is 0.595. The molecule has 3 atom stereocenters. The van der Waals surface area contributed by atoms with Crippen molar-refractivity contribution in [3.63, 3.8) is 0 Å². The molecule has 0 amide bonds. The molecule has 16 heavy (non-hydrogen) atoms. The predicted molar refractivity (Wildman–Crippen MR) is 66.4 cm³/mol. The molecule has 2 aliphatic rings. The maximum Gasteiger partial charge on any atom is 0.383 e. The minimum absolute atomic E-state index is 0.244. The van der Waals surface area contributed by atoms with Crippen molar-refractivity contribution in [1.29, 1.82) is 0 Å². The van der Waals surface area contributed by atoms with Crippen LogP contribution < -0.4 is 5.23 Å². The third-order valence-corrected chi connectivity index (χ3v) is 4.01. The predicted octanol–water partition coefficient (Wildman–Crippen LogP) is 2.56. The molecule has 1 heterocycles. The van der Waals surface area contributed by atoms with Crippen LogP contribution in [0.5, 0.6) is 0 Å². The molecular weight excluding hydrogens is 197 g/mol. The number of hydrogen-bond donors (Lipinski definition) is 1. The first-order valence-corrected chi connectivity index (χ1v) is 6.29. The van der Waals surface area contributed by atoms with Gasteiger partial charge in [-0.1, -0.05) is 44.5 Å². The van der Waals surface area contributed by atoms with Crippen LogP contribution in [0, 0.1) is 0 Å². The summed E-state index contributed by atoms with van der Waals surface area (Å²) in [6, 6.07) is 9.12. The lowest BCUT2D eigenvalue weighted by Gasteiger charge is -2.14. The summed E-state index contributed by atoms with van der Waals surface area (Å²) in [5.41, 5.74) is 2.89. The summed E-state index contributed by atoms with van der Waals surface area (Å²) in [6.45, 7) is 4.47. The Morgan fingerprint density at radius 1 is 1.50 bits per heavy atom. The summed E-state index contributed by atoms with van der Waals surface area (Å²) in [5, 5.41) is 3.64. The van der Waals surface area contributed by atoms with E-state index in [1.54, 1.807) is 0 Å². The first kappa shape index (κ1) is 10.4. The third kappa shape index (κ3) is 1.50. The molecule has 0 bridgehead atoms. The standard InChI is InChI=1S/C13H18BNO/c1-3-9(2)14-15-13-11-7-5-4-6-10(11)8-12(13)16-14/h4-7,9,12-13,15H,3,8H2,1-2H3/t9?,12-,13+/m0/s1. The Balaban J connectivity index is 1.82. The van der Waals surface area contributed by atoms with Crippen LogP contribution in [0.4, 0.5) is 0 Å². The number of hydrogen-bond acceptors (Lipinski definition) is 2. The molecule has 1 aromatic carbocycles. The molecule has 3 heteroatoms. The van der Waals surface area contributed by atoms with Crippen molar-refractivity contribution >= 4 is 7.05 Å². The first-order chi connectivity index (χ1) is 7.79. The van der Waals surface area contributed by atoms with Gasteiger partial charge >= 0.3 is 7.05 Å². The van der Waals surface area contributed by atoms with Crippen molar-refractivity contribution in [3.05, 3.63) is 35.4 Å². The Hall–Kier alpha value is -0.795. The van der Waals surface area contributed by atoms with Crippen LogP contribution in [0.2, 0.25) is 5.82 Å². The van der Waals surface area contributed by atoms with E-state index in [1.807, 2.05) is 0 Å². The highest BCUT2D eigenvalue weighted by Crippen LogP contribution is 2.39. The Kier molecular flexibility index (Phi) is 2.53. The Morgan fingerprint density at radius 3 is 3.12 bits per heavy atom. The van der Waals surface area contributed by atoms with E-state index in [4.69, 9.17) is 4.65 Å². The van der Waals surface area contributed by atoms with E-state index in [2.05, 4.69) is 43.3 Å².